The Kier molecular flexibility index (Phi) is 3.80. The van der Waals surface area contributed by atoms with Gasteiger partial charge in [0.05, 0.1) is 6.33 Å². The largest absolute Gasteiger partial charge is 0.368 e. The number of aryl methyl sites for hydroxylation is 2. The van der Waals surface area contributed by atoms with Crippen LogP contribution >= 0.6 is 0 Å². The van der Waals surface area contributed by atoms with E-state index in [-0.39, 0.29) is 0 Å². The maximum Gasteiger partial charge on any atom is 0.165 e. The molecule has 0 N–H and O–H groups in total. The number of hydrogen-bond acceptors (Lipinski definition) is 5. The Hall–Kier alpha value is -2.63. The summed E-state index contributed by atoms with van der Waals surface area (Å²) >= 11 is 0. The van der Waals surface area contributed by atoms with E-state index in [1.54, 1.807) is 6.33 Å². The van der Waals surface area contributed by atoms with Crippen LogP contribution in [0.4, 0.5) is 11.5 Å². The molecule has 1 aromatic carbocycles. The Morgan fingerprint density at radius 1 is 0.958 bits per heavy atom. The summed E-state index contributed by atoms with van der Waals surface area (Å²) in [7, 11) is 0. The van der Waals surface area contributed by atoms with Crippen molar-refractivity contribution in [2.45, 2.75) is 20.4 Å². The van der Waals surface area contributed by atoms with Gasteiger partial charge in [0.2, 0.25) is 0 Å². The molecule has 124 valence electrons. The van der Waals surface area contributed by atoms with Crippen LogP contribution in [0.1, 0.15) is 12.5 Å². The van der Waals surface area contributed by atoms with Crippen LogP contribution < -0.4 is 9.80 Å². The fourth-order valence-corrected chi connectivity index (χ4v) is 3.41. The lowest BCUT2D eigenvalue weighted by molar-refractivity contribution is 0.647. The average Bonchev–Trinajstić information content (AvgIpc) is 3.05. The summed E-state index contributed by atoms with van der Waals surface area (Å²) in [5.74, 6) is 0.955. The summed E-state index contributed by atoms with van der Waals surface area (Å²) in [6, 6.07) is 8.58. The molecule has 2 aromatic heterocycles. The van der Waals surface area contributed by atoms with E-state index in [1.807, 2.05) is 6.33 Å². The Morgan fingerprint density at radius 2 is 1.71 bits per heavy atom. The normalized spacial score (nSPS) is 15.2. The number of para-hydroxylation sites is 1. The average molecular weight is 322 g/mol. The number of anilines is 2. The molecule has 6 nitrogen and oxygen atoms in total. The molecule has 0 bridgehead atoms. The van der Waals surface area contributed by atoms with Crippen molar-refractivity contribution >= 4 is 22.7 Å². The van der Waals surface area contributed by atoms with E-state index in [2.05, 4.69) is 67.4 Å². The summed E-state index contributed by atoms with van der Waals surface area (Å²) in [4.78, 5) is 18.2. The first kappa shape index (κ1) is 14.9. The standard InChI is InChI=1S/C18H22N6/c1-3-22-13-21-16-17(22)19-12-20-18(16)24-10-8-23(9-11-24)15-7-5-4-6-14(15)2/h4-7,12-13H,3,8-11H2,1-2H3. The van der Waals surface area contributed by atoms with Crippen LogP contribution in [0.2, 0.25) is 0 Å². The first-order valence-corrected chi connectivity index (χ1v) is 8.49. The second-order valence-electron chi connectivity index (χ2n) is 6.16. The minimum atomic E-state index is 0.869. The van der Waals surface area contributed by atoms with Gasteiger partial charge in [-0.1, -0.05) is 18.2 Å². The molecule has 1 aliphatic heterocycles. The molecule has 3 heterocycles. The van der Waals surface area contributed by atoms with Crippen molar-refractivity contribution in [3.63, 3.8) is 0 Å². The molecule has 4 rings (SSSR count). The predicted molar refractivity (Wildman–Crippen MR) is 96.6 cm³/mol. The van der Waals surface area contributed by atoms with Gasteiger partial charge in [-0.05, 0) is 25.5 Å². The molecule has 24 heavy (non-hydrogen) atoms. The van der Waals surface area contributed by atoms with Gasteiger partial charge in [-0.15, -0.1) is 0 Å². The van der Waals surface area contributed by atoms with E-state index >= 15 is 0 Å². The summed E-state index contributed by atoms with van der Waals surface area (Å²) in [5.41, 5.74) is 4.49. The highest BCUT2D eigenvalue weighted by atomic mass is 15.3. The third-order valence-corrected chi connectivity index (χ3v) is 4.76. The molecule has 0 radical (unpaired) electrons. The SMILES string of the molecule is CCn1cnc2c(N3CCN(c4ccccc4C)CC3)ncnc21. The number of piperazine rings is 1. The second kappa shape index (κ2) is 6.11. The third-order valence-electron chi connectivity index (χ3n) is 4.76. The van der Waals surface area contributed by atoms with Crippen molar-refractivity contribution in [3.05, 3.63) is 42.5 Å². The molecule has 0 unspecified atom stereocenters. The fourth-order valence-electron chi connectivity index (χ4n) is 3.41. The molecule has 1 saturated heterocycles. The number of fused-ring (bicyclic) bond motifs is 1. The fraction of sp³-hybridized carbons (Fsp3) is 0.389. The molecule has 0 saturated carbocycles. The van der Waals surface area contributed by atoms with E-state index in [9.17, 15) is 0 Å². The van der Waals surface area contributed by atoms with Crippen LogP contribution in [0.5, 0.6) is 0 Å². The zero-order valence-corrected chi connectivity index (χ0v) is 14.2. The smallest absolute Gasteiger partial charge is 0.165 e. The summed E-state index contributed by atoms with van der Waals surface area (Å²) in [6.45, 7) is 9.01. The van der Waals surface area contributed by atoms with Crippen molar-refractivity contribution in [2.75, 3.05) is 36.0 Å². The summed E-state index contributed by atoms with van der Waals surface area (Å²) in [6.07, 6.45) is 3.51. The second-order valence-corrected chi connectivity index (χ2v) is 6.16. The number of hydrogen-bond donors (Lipinski definition) is 0. The molecule has 0 spiro atoms. The van der Waals surface area contributed by atoms with Crippen molar-refractivity contribution in [1.29, 1.82) is 0 Å². The minimum Gasteiger partial charge on any atom is -0.368 e. The van der Waals surface area contributed by atoms with Crippen LogP contribution in [-0.4, -0.2) is 45.7 Å². The number of aromatic nitrogens is 4. The van der Waals surface area contributed by atoms with Gasteiger partial charge in [-0.2, -0.15) is 0 Å². The molecule has 1 fully saturated rings. The van der Waals surface area contributed by atoms with Gasteiger partial charge in [0.25, 0.3) is 0 Å². The summed E-state index contributed by atoms with van der Waals surface area (Å²) < 4.78 is 2.06. The molecular weight excluding hydrogens is 300 g/mol. The molecule has 1 aliphatic rings. The molecule has 6 heteroatoms. The number of benzene rings is 1. The molecular formula is C18H22N6. The third kappa shape index (κ3) is 2.48. The lowest BCUT2D eigenvalue weighted by Gasteiger charge is -2.37. The Morgan fingerprint density at radius 3 is 2.46 bits per heavy atom. The van der Waals surface area contributed by atoms with Crippen LogP contribution in [0.15, 0.2) is 36.9 Å². The van der Waals surface area contributed by atoms with E-state index < -0.39 is 0 Å². The topological polar surface area (TPSA) is 50.1 Å². The lowest BCUT2D eigenvalue weighted by atomic mass is 10.1. The number of rotatable bonds is 3. The highest BCUT2D eigenvalue weighted by Crippen LogP contribution is 2.25. The Balaban J connectivity index is 1.56. The van der Waals surface area contributed by atoms with Gasteiger partial charge in [0.1, 0.15) is 6.33 Å². The Labute approximate surface area is 141 Å². The predicted octanol–water partition coefficient (Wildman–Crippen LogP) is 2.48. The van der Waals surface area contributed by atoms with Crippen LogP contribution in [0, 0.1) is 6.92 Å². The quantitative estimate of drug-likeness (QED) is 0.741. The monoisotopic (exact) mass is 322 g/mol. The first-order valence-electron chi connectivity index (χ1n) is 8.49. The van der Waals surface area contributed by atoms with E-state index in [0.717, 1.165) is 49.7 Å². The maximum atomic E-state index is 4.54. The zero-order valence-electron chi connectivity index (χ0n) is 14.2. The maximum absolute atomic E-state index is 4.54. The Bertz CT molecular complexity index is 848. The van der Waals surface area contributed by atoms with E-state index in [0.29, 0.717) is 0 Å². The zero-order chi connectivity index (χ0) is 16.5. The highest BCUT2D eigenvalue weighted by molar-refractivity contribution is 5.83. The summed E-state index contributed by atoms with van der Waals surface area (Å²) in [5, 5.41) is 0. The lowest BCUT2D eigenvalue weighted by Crippen LogP contribution is -2.47. The highest BCUT2D eigenvalue weighted by Gasteiger charge is 2.22. The van der Waals surface area contributed by atoms with E-state index in [1.165, 1.54) is 11.3 Å². The number of nitrogens with zero attached hydrogens (tertiary/aromatic N) is 6. The minimum absolute atomic E-state index is 0.869. The van der Waals surface area contributed by atoms with Gasteiger partial charge in [0, 0.05) is 38.4 Å². The van der Waals surface area contributed by atoms with Gasteiger partial charge < -0.3 is 14.4 Å². The first-order chi connectivity index (χ1) is 11.8. The van der Waals surface area contributed by atoms with Gasteiger partial charge in [-0.3, -0.25) is 0 Å². The van der Waals surface area contributed by atoms with Crippen molar-refractivity contribution < 1.29 is 0 Å². The van der Waals surface area contributed by atoms with Gasteiger partial charge in [0.15, 0.2) is 17.0 Å². The van der Waals surface area contributed by atoms with Gasteiger partial charge >= 0.3 is 0 Å². The molecule has 0 amide bonds. The van der Waals surface area contributed by atoms with Crippen molar-refractivity contribution in [1.82, 2.24) is 19.5 Å². The van der Waals surface area contributed by atoms with Crippen LogP contribution in [-0.2, 0) is 6.54 Å². The number of imidazole rings is 1. The van der Waals surface area contributed by atoms with Gasteiger partial charge in [-0.25, -0.2) is 15.0 Å². The molecule has 0 aliphatic carbocycles. The van der Waals surface area contributed by atoms with Crippen molar-refractivity contribution in [3.8, 4) is 0 Å². The molecule has 0 atom stereocenters. The van der Waals surface area contributed by atoms with Crippen LogP contribution in [0.25, 0.3) is 11.2 Å². The molecule has 3 aromatic rings. The van der Waals surface area contributed by atoms with E-state index in [4.69, 9.17) is 0 Å². The van der Waals surface area contributed by atoms with Crippen LogP contribution in [0.3, 0.4) is 0 Å². The van der Waals surface area contributed by atoms with Crippen molar-refractivity contribution in [2.24, 2.45) is 0 Å².